The lowest BCUT2D eigenvalue weighted by molar-refractivity contribution is -0.158. The maximum Gasteiger partial charge on any atom is 0.422 e. The fraction of sp³-hybridized carbons (Fsp3) is 0.0909. The summed E-state index contributed by atoms with van der Waals surface area (Å²) in [7, 11) is 0. The molecule has 0 unspecified atom stereocenters. The third-order valence-electron chi connectivity index (χ3n) is 1.64. The molecule has 0 fully saturated rings. The first kappa shape index (κ1) is 10.8. The molecule has 0 heterocycles. The summed E-state index contributed by atoms with van der Waals surface area (Å²) in [6.07, 6.45) is 5.39. The second-order valence-electron chi connectivity index (χ2n) is 2.68. The molecule has 1 rings (SSSR count). The van der Waals surface area contributed by atoms with Crippen molar-refractivity contribution in [2.24, 2.45) is 0 Å². The van der Waals surface area contributed by atoms with E-state index in [1.807, 2.05) is 0 Å². The number of terminal acetylenes is 1. The van der Waals surface area contributed by atoms with E-state index in [0.717, 1.165) is 0 Å². The third-order valence-corrected chi connectivity index (χ3v) is 1.64. The van der Waals surface area contributed by atoms with Gasteiger partial charge in [0.15, 0.2) is 0 Å². The zero-order valence-electron chi connectivity index (χ0n) is 7.77. The summed E-state index contributed by atoms with van der Waals surface area (Å²) in [5, 5.41) is 8.35. The van der Waals surface area contributed by atoms with Crippen LogP contribution in [0.25, 0.3) is 0 Å². The highest BCUT2D eigenvalue weighted by Crippen LogP contribution is 2.18. The van der Waals surface area contributed by atoms with Crippen molar-refractivity contribution < 1.29 is 19.4 Å². The third kappa shape index (κ3) is 2.85. The minimum absolute atomic E-state index is 0.183. The summed E-state index contributed by atoms with van der Waals surface area (Å²) in [5.41, 5.74) is 0.606. The standard InChI is InChI=1S/C11H8O4/c1-2-5-8-6-3-4-7-9(8)15-11(14)10(12)13/h1,3-4,6-7H,5H2,(H,12,13). The summed E-state index contributed by atoms with van der Waals surface area (Å²) >= 11 is 0. The Balaban J connectivity index is 2.90. The van der Waals surface area contributed by atoms with Gasteiger partial charge in [0.1, 0.15) is 5.75 Å². The van der Waals surface area contributed by atoms with Crippen LogP contribution in [0.2, 0.25) is 0 Å². The Bertz CT molecular complexity index is 428. The predicted molar refractivity (Wildman–Crippen MR) is 52.2 cm³/mol. The summed E-state index contributed by atoms with van der Waals surface area (Å²) in [4.78, 5) is 21.1. The van der Waals surface area contributed by atoms with E-state index in [1.165, 1.54) is 6.07 Å². The van der Waals surface area contributed by atoms with E-state index in [-0.39, 0.29) is 12.2 Å². The number of rotatable bonds is 2. The number of esters is 1. The van der Waals surface area contributed by atoms with Crippen LogP contribution >= 0.6 is 0 Å². The Labute approximate surface area is 86.5 Å². The Morgan fingerprint density at radius 2 is 2.07 bits per heavy atom. The summed E-state index contributed by atoms with van der Waals surface area (Å²) in [6.45, 7) is 0. The number of benzene rings is 1. The van der Waals surface area contributed by atoms with Crippen molar-refractivity contribution in [3.63, 3.8) is 0 Å². The number of carboxylic acid groups (broad SMARTS) is 1. The lowest BCUT2D eigenvalue weighted by Gasteiger charge is -2.05. The van der Waals surface area contributed by atoms with Crippen molar-refractivity contribution in [2.75, 3.05) is 0 Å². The Kier molecular flexibility index (Phi) is 3.47. The van der Waals surface area contributed by atoms with Crippen LogP contribution in [0.1, 0.15) is 5.56 Å². The number of hydrogen-bond donors (Lipinski definition) is 1. The lowest BCUT2D eigenvalue weighted by Crippen LogP contribution is -2.19. The van der Waals surface area contributed by atoms with Crippen molar-refractivity contribution in [2.45, 2.75) is 6.42 Å². The molecule has 4 nitrogen and oxygen atoms in total. The van der Waals surface area contributed by atoms with E-state index in [1.54, 1.807) is 18.2 Å². The summed E-state index contributed by atoms with van der Waals surface area (Å²) in [5.74, 6) is -0.382. The van der Waals surface area contributed by atoms with Gasteiger partial charge in [0.2, 0.25) is 0 Å². The number of hydrogen-bond acceptors (Lipinski definition) is 3. The molecule has 0 atom stereocenters. The van der Waals surface area contributed by atoms with Crippen molar-refractivity contribution in [3.8, 4) is 18.1 Å². The van der Waals surface area contributed by atoms with Gasteiger partial charge in [0, 0.05) is 12.0 Å². The first-order valence-corrected chi connectivity index (χ1v) is 4.11. The molecule has 15 heavy (non-hydrogen) atoms. The van der Waals surface area contributed by atoms with Gasteiger partial charge in [-0.05, 0) is 6.07 Å². The fourth-order valence-corrected chi connectivity index (χ4v) is 1.00. The van der Waals surface area contributed by atoms with Crippen LogP contribution in [0.4, 0.5) is 0 Å². The van der Waals surface area contributed by atoms with E-state index in [9.17, 15) is 9.59 Å². The Morgan fingerprint density at radius 3 is 2.67 bits per heavy atom. The van der Waals surface area contributed by atoms with Crippen LogP contribution in [0.5, 0.6) is 5.75 Å². The largest absolute Gasteiger partial charge is 0.473 e. The van der Waals surface area contributed by atoms with Crippen LogP contribution in [0.15, 0.2) is 24.3 Å². The number of carboxylic acids is 1. The van der Waals surface area contributed by atoms with E-state index >= 15 is 0 Å². The number of carbonyl (C=O) groups is 2. The number of aliphatic carboxylic acids is 1. The molecule has 1 aromatic rings. The Morgan fingerprint density at radius 1 is 1.40 bits per heavy atom. The molecule has 0 amide bonds. The van der Waals surface area contributed by atoms with Crippen molar-refractivity contribution in [3.05, 3.63) is 29.8 Å². The number of para-hydroxylation sites is 1. The maximum absolute atomic E-state index is 10.8. The molecule has 0 aromatic heterocycles. The number of ether oxygens (including phenoxy) is 1. The second kappa shape index (κ2) is 4.82. The van der Waals surface area contributed by atoms with Gasteiger partial charge in [-0.3, -0.25) is 0 Å². The average molecular weight is 204 g/mol. The van der Waals surface area contributed by atoms with E-state index in [4.69, 9.17) is 11.5 Å². The molecule has 1 aromatic carbocycles. The quantitative estimate of drug-likeness (QED) is 0.336. The molecule has 0 saturated heterocycles. The van der Waals surface area contributed by atoms with Crippen molar-refractivity contribution in [1.29, 1.82) is 0 Å². The molecule has 0 aliphatic rings. The molecule has 0 aliphatic carbocycles. The first-order chi connectivity index (χ1) is 7.15. The van der Waals surface area contributed by atoms with E-state index in [0.29, 0.717) is 5.56 Å². The fourth-order valence-electron chi connectivity index (χ4n) is 1.00. The van der Waals surface area contributed by atoms with Crippen LogP contribution < -0.4 is 4.74 Å². The van der Waals surface area contributed by atoms with Gasteiger partial charge in [-0.25, -0.2) is 9.59 Å². The number of carbonyl (C=O) groups excluding carboxylic acids is 1. The van der Waals surface area contributed by atoms with Crippen molar-refractivity contribution in [1.82, 2.24) is 0 Å². The molecule has 0 radical (unpaired) electrons. The highest BCUT2D eigenvalue weighted by Gasteiger charge is 2.15. The molecule has 1 N–H and O–H groups in total. The highest BCUT2D eigenvalue weighted by molar-refractivity contribution is 6.29. The molecule has 0 spiro atoms. The molecule has 76 valence electrons. The van der Waals surface area contributed by atoms with Crippen molar-refractivity contribution >= 4 is 11.9 Å². The molecule has 4 heteroatoms. The summed E-state index contributed by atoms with van der Waals surface area (Å²) < 4.78 is 4.63. The molecule has 0 saturated carbocycles. The first-order valence-electron chi connectivity index (χ1n) is 4.11. The zero-order chi connectivity index (χ0) is 11.3. The van der Waals surface area contributed by atoms with Crippen LogP contribution in [0.3, 0.4) is 0 Å². The molecular weight excluding hydrogens is 196 g/mol. The minimum atomic E-state index is -1.63. The van der Waals surface area contributed by atoms with Gasteiger partial charge >= 0.3 is 11.9 Å². The van der Waals surface area contributed by atoms with Gasteiger partial charge in [0.25, 0.3) is 0 Å². The molecule has 0 bridgehead atoms. The van der Waals surface area contributed by atoms with Gasteiger partial charge in [-0.15, -0.1) is 12.3 Å². The van der Waals surface area contributed by atoms with E-state index < -0.39 is 11.9 Å². The Hall–Kier alpha value is -2.28. The van der Waals surface area contributed by atoms with E-state index in [2.05, 4.69) is 10.7 Å². The topological polar surface area (TPSA) is 63.6 Å². The van der Waals surface area contributed by atoms with Gasteiger partial charge in [-0.1, -0.05) is 18.2 Å². The zero-order valence-corrected chi connectivity index (χ0v) is 7.77. The molecule has 0 aliphatic heterocycles. The second-order valence-corrected chi connectivity index (χ2v) is 2.68. The van der Waals surface area contributed by atoms with Crippen LogP contribution in [-0.2, 0) is 16.0 Å². The van der Waals surface area contributed by atoms with Crippen LogP contribution in [0, 0.1) is 12.3 Å². The predicted octanol–water partition coefficient (Wildman–Crippen LogP) is 0.852. The normalized spacial score (nSPS) is 9.00. The van der Waals surface area contributed by atoms with Crippen LogP contribution in [-0.4, -0.2) is 17.0 Å². The van der Waals surface area contributed by atoms with Gasteiger partial charge in [0.05, 0.1) is 0 Å². The molecular formula is C11H8O4. The lowest BCUT2D eigenvalue weighted by atomic mass is 10.1. The smallest absolute Gasteiger partial charge is 0.422 e. The van der Waals surface area contributed by atoms with Gasteiger partial charge < -0.3 is 9.84 Å². The summed E-state index contributed by atoms with van der Waals surface area (Å²) in [6, 6.07) is 6.52. The highest BCUT2D eigenvalue weighted by atomic mass is 16.6. The maximum atomic E-state index is 10.8. The average Bonchev–Trinajstić information content (AvgIpc) is 2.21. The SMILES string of the molecule is C#CCc1ccccc1OC(=O)C(=O)O. The van der Waals surface area contributed by atoms with Gasteiger partial charge in [-0.2, -0.15) is 0 Å². The monoisotopic (exact) mass is 204 g/mol. The minimum Gasteiger partial charge on any atom is -0.473 e.